The van der Waals surface area contributed by atoms with E-state index in [4.69, 9.17) is 4.74 Å². The lowest BCUT2D eigenvalue weighted by molar-refractivity contribution is 0.222. The molecule has 0 unspecified atom stereocenters. The van der Waals surface area contributed by atoms with E-state index in [1.165, 1.54) is 19.3 Å². The summed E-state index contributed by atoms with van der Waals surface area (Å²) in [7, 11) is 0. The molecular formula is C28H42F2N2O. The van der Waals surface area contributed by atoms with Crippen molar-refractivity contribution in [2.24, 2.45) is 0 Å². The van der Waals surface area contributed by atoms with Crippen LogP contribution in [0.4, 0.5) is 8.78 Å². The highest BCUT2D eigenvalue weighted by Crippen LogP contribution is 2.20. The topological polar surface area (TPSA) is 35.0 Å². The molecule has 0 bridgehead atoms. The van der Waals surface area contributed by atoms with E-state index in [0.717, 1.165) is 49.7 Å². The summed E-state index contributed by atoms with van der Waals surface area (Å²) in [6.07, 6.45) is 13.7. The molecule has 0 amide bonds. The van der Waals surface area contributed by atoms with Crippen LogP contribution in [0.3, 0.4) is 0 Å². The summed E-state index contributed by atoms with van der Waals surface area (Å²) >= 11 is 0. The molecule has 0 aliphatic rings. The fourth-order valence-corrected chi connectivity index (χ4v) is 3.86. The van der Waals surface area contributed by atoms with Crippen LogP contribution in [0.15, 0.2) is 36.7 Å². The molecule has 5 heteroatoms. The van der Waals surface area contributed by atoms with Crippen molar-refractivity contribution in [2.75, 3.05) is 6.61 Å². The lowest BCUT2D eigenvalue weighted by atomic mass is 10.0. The van der Waals surface area contributed by atoms with Crippen molar-refractivity contribution < 1.29 is 13.5 Å². The van der Waals surface area contributed by atoms with E-state index in [1.54, 1.807) is 12.4 Å². The number of ether oxygens (including phenoxy) is 1. The lowest BCUT2D eigenvalue weighted by Crippen LogP contribution is -2.08. The van der Waals surface area contributed by atoms with Gasteiger partial charge in [0.15, 0.2) is 11.6 Å². The van der Waals surface area contributed by atoms with E-state index >= 15 is 0 Å². The molecule has 1 aromatic heterocycles. The third kappa shape index (κ3) is 11.6. The summed E-state index contributed by atoms with van der Waals surface area (Å²) in [5.41, 5.74) is 2.05. The summed E-state index contributed by atoms with van der Waals surface area (Å²) in [5, 5.41) is 0. The Bertz CT molecular complexity index is 737. The highest BCUT2D eigenvalue weighted by atomic mass is 19.1. The minimum absolute atomic E-state index is 0.332. The van der Waals surface area contributed by atoms with Crippen molar-refractivity contribution in [1.82, 2.24) is 9.97 Å². The van der Waals surface area contributed by atoms with Crippen LogP contribution in [-0.4, -0.2) is 28.9 Å². The molecule has 0 aliphatic heterocycles. The average molecular weight is 461 g/mol. The Balaban J connectivity index is 1.70. The van der Waals surface area contributed by atoms with Crippen LogP contribution in [0.1, 0.15) is 96.5 Å². The van der Waals surface area contributed by atoms with Crippen molar-refractivity contribution in [3.05, 3.63) is 42.2 Å². The molecule has 0 N–H and O–H groups in total. The van der Waals surface area contributed by atoms with Gasteiger partial charge in [0.2, 0.25) is 0 Å². The van der Waals surface area contributed by atoms with Crippen LogP contribution >= 0.6 is 0 Å². The zero-order chi connectivity index (χ0) is 23.7. The van der Waals surface area contributed by atoms with E-state index in [9.17, 15) is 8.78 Å². The molecule has 1 aromatic carbocycles. The molecule has 1 heterocycles. The Morgan fingerprint density at radius 2 is 1.30 bits per heavy atom. The second-order valence-electron chi connectivity index (χ2n) is 9.01. The number of hydrogen-bond acceptors (Lipinski definition) is 3. The first kappa shape index (κ1) is 27.2. The molecular weight excluding hydrogens is 418 g/mol. The first-order valence-electron chi connectivity index (χ1n) is 12.9. The van der Waals surface area contributed by atoms with Gasteiger partial charge in [-0.25, -0.2) is 18.7 Å². The monoisotopic (exact) mass is 460 g/mol. The average Bonchev–Trinajstić information content (AvgIpc) is 2.83. The zero-order valence-corrected chi connectivity index (χ0v) is 20.6. The van der Waals surface area contributed by atoms with E-state index < -0.39 is 12.3 Å². The van der Waals surface area contributed by atoms with Gasteiger partial charge in [0.25, 0.3) is 0 Å². The number of alkyl halides is 2. The minimum atomic E-state index is -0.811. The first-order chi connectivity index (χ1) is 16.1. The second kappa shape index (κ2) is 16.6. The number of hydrogen-bond donors (Lipinski definition) is 0. The Morgan fingerprint density at radius 1 is 0.727 bits per heavy atom. The molecule has 0 radical (unpaired) electrons. The van der Waals surface area contributed by atoms with Crippen LogP contribution in [0, 0.1) is 0 Å². The molecule has 2 atom stereocenters. The number of rotatable bonds is 18. The summed E-state index contributed by atoms with van der Waals surface area (Å²) in [6.45, 7) is 4.64. The predicted molar refractivity (Wildman–Crippen MR) is 133 cm³/mol. The molecule has 33 heavy (non-hydrogen) atoms. The van der Waals surface area contributed by atoms with E-state index in [0.29, 0.717) is 43.9 Å². The Labute approximate surface area is 199 Å². The van der Waals surface area contributed by atoms with Crippen LogP contribution < -0.4 is 4.74 Å². The smallest absolute Gasteiger partial charge is 0.159 e. The van der Waals surface area contributed by atoms with E-state index in [2.05, 4.69) is 23.8 Å². The van der Waals surface area contributed by atoms with Gasteiger partial charge in [0, 0.05) is 12.0 Å². The molecule has 3 nitrogen and oxygen atoms in total. The van der Waals surface area contributed by atoms with Gasteiger partial charge >= 0.3 is 0 Å². The first-order valence-corrected chi connectivity index (χ1v) is 12.9. The number of aryl methyl sites for hydroxylation is 1. The van der Waals surface area contributed by atoms with Crippen molar-refractivity contribution in [1.29, 1.82) is 0 Å². The fourth-order valence-electron chi connectivity index (χ4n) is 3.86. The number of benzene rings is 1. The normalized spacial score (nSPS) is 13.1. The van der Waals surface area contributed by atoms with Crippen molar-refractivity contribution in [2.45, 2.75) is 110 Å². The second-order valence-corrected chi connectivity index (χ2v) is 9.01. The van der Waals surface area contributed by atoms with Gasteiger partial charge in [-0.15, -0.1) is 0 Å². The molecule has 0 spiro atoms. The highest BCUT2D eigenvalue weighted by Gasteiger charge is 2.09. The molecule has 0 fully saturated rings. The van der Waals surface area contributed by atoms with Crippen molar-refractivity contribution >= 4 is 0 Å². The standard InChI is InChI=1S/C28H42F2N2O/c1-3-5-7-8-10-12-25(29)18-15-23-13-16-24(17-14-23)28-31-21-27(22-32-28)33-20-19-26(30)11-9-6-4-2/h13-14,16-17,21-22,25-26H,3-12,15,18-20H2,1-2H3/t25-,26+/m1/s1. The maximum atomic E-state index is 14.1. The lowest BCUT2D eigenvalue weighted by Gasteiger charge is -2.10. The van der Waals surface area contributed by atoms with Crippen LogP contribution in [0.2, 0.25) is 0 Å². The van der Waals surface area contributed by atoms with Gasteiger partial charge in [0.1, 0.15) is 12.3 Å². The molecule has 2 aromatic rings. The largest absolute Gasteiger partial charge is 0.490 e. The Kier molecular flexibility index (Phi) is 13.6. The van der Waals surface area contributed by atoms with Crippen LogP contribution in [0.5, 0.6) is 5.75 Å². The Morgan fingerprint density at radius 3 is 1.97 bits per heavy atom. The third-order valence-corrected chi connectivity index (χ3v) is 6.03. The van der Waals surface area contributed by atoms with Crippen LogP contribution in [0.25, 0.3) is 11.4 Å². The summed E-state index contributed by atoms with van der Waals surface area (Å²) in [6, 6.07) is 8.01. The van der Waals surface area contributed by atoms with Gasteiger partial charge in [-0.2, -0.15) is 0 Å². The molecule has 0 aliphatic carbocycles. The van der Waals surface area contributed by atoms with Crippen LogP contribution in [-0.2, 0) is 6.42 Å². The molecule has 0 saturated heterocycles. The summed E-state index contributed by atoms with van der Waals surface area (Å²) < 4.78 is 33.5. The zero-order valence-electron chi connectivity index (χ0n) is 20.6. The van der Waals surface area contributed by atoms with Crippen molar-refractivity contribution in [3.8, 4) is 17.1 Å². The summed E-state index contributed by atoms with van der Waals surface area (Å²) in [5.74, 6) is 1.17. The quantitative estimate of drug-likeness (QED) is 0.209. The van der Waals surface area contributed by atoms with Gasteiger partial charge in [-0.1, -0.05) is 89.5 Å². The number of aromatic nitrogens is 2. The maximum absolute atomic E-state index is 14.1. The van der Waals surface area contributed by atoms with E-state index in [1.807, 2.05) is 24.3 Å². The predicted octanol–water partition coefficient (Wildman–Crippen LogP) is 8.46. The van der Waals surface area contributed by atoms with Gasteiger partial charge in [-0.3, -0.25) is 0 Å². The Hall–Kier alpha value is -2.04. The van der Waals surface area contributed by atoms with Gasteiger partial charge < -0.3 is 4.74 Å². The maximum Gasteiger partial charge on any atom is 0.159 e. The van der Waals surface area contributed by atoms with Gasteiger partial charge in [-0.05, 0) is 31.2 Å². The van der Waals surface area contributed by atoms with Gasteiger partial charge in [0.05, 0.1) is 19.0 Å². The highest BCUT2D eigenvalue weighted by molar-refractivity contribution is 5.55. The minimum Gasteiger partial charge on any atom is -0.490 e. The van der Waals surface area contributed by atoms with Crippen molar-refractivity contribution in [3.63, 3.8) is 0 Å². The third-order valence-electron chi connectivity index (χ3n) is 6.03. The number of unbranched alkanes of at least 4 members (excludes halogenated alkanes) is 6. The summed E-state index contributed by atoms with van der Waals surface area (Å²) in [4.78, 5) is 8.75. The fraction of sp³-hybridized carbons (Fsp3) is 0.643. The number of nitrogens with zero attached hydrogens (tertiary/aromatic N) is 2. The molecule has 0 saturated carbocycles. The SMILES string of the molecule is CCCCCCC[C@@H](F)CCc1ccc(-c2ncc(OCC[C@@H](F)CCCCC)cn2)cc1. The van der Waals surface area contributed by atoms with E-state index in [-0.39, 0.29) is 0 Å². The molecule has 2 rings (SSSR count). The number of halogens is 2. The molecule has 184 valence electrons.